The predicted molar refractivity (Wildman–Crippen MR) is 104 cm³/mol. The van der Waals surface area contributed by atoms with E-state index in [1.54, 1.807) is 28.9 Å². The third-order valence-electron chi connectivity index (χ3n) is 3.45. The summed E-state index contributed by atoms with van der Waals surface area (Å²) < 4.78 is 6.76. The molecule has 27 heavy (non-hydrogen) atoms. The van der Waals surface area contributed by atoms with Crippen LogP contribution in [0.5, 0.6) is 0 Å². The summed E-state index contributed by atoms with van der Waals surface area (Å²) in [5.74, 6) is 5.75. The maximum atomic E-state index is 11.9. The summed E-state index contributed by atoms with van der Waals surface area (Å²) in [7, 11) is 0. The van der Waals surface area contributed by atoms with E-state index in [9.17, 15) is 4.79 Å². The van der Waals surface area contributed by atoms with Gasteiger partial charge in [-0.2, -0.15) is 4.68 Å². The Hall–Kier alpha value is -2.82. The van der Waals surface area contributed by atoms with Crippen molar-refractivity contribution in [2.75, 3.05) is 12.4 Å². The molecule has 2 aromatic carbocycles. The average molecular weight is 399 g/mol. The van der Waals surface area contributed by atoms with Crippen molar-refractivity contribution in [1.29, 1.82) is 0 Å². The lowest BCUT2D eigenvalue weighted by atomic mass is 10.2. The molecular weight excluding hydrogens is 384 g/mol. The molecule has 0 radical (unpaired) electrons. The van der Waals surface area contributed by atoms with E-state index in [2.05, 4.69) is 27.4 Å². The molecule has 0 saturated carbocycles. The first-order valence-corrected chi connectivity index (χ1v) is 9.36. The van der Waals surface area contributed by atoms with E-state index in [0.29, 0.717) is 21.5 Å². The maximum Gasteiger partial charge on any atom is 0.339 e. The molecule has 0 atom stereocenters. The summed E-state index contributed by atoms with van der Waals surface area (Å²) >= 11 is 7.25. The molecule has 0 aliphatic heterocycles. The largest absolute Gasteiger partial charge is 0.449 e. The number of aryl methyl sites for hydroxylation is 1. The SMILES string of the molecule is Cc1ccc(-n2nnnc2SCC#CCOC(=O)c2cccc(Cl)c2)cc1. The van der Waals surface area contributed by atoms with Crippen LogP contribution in [0.25, 0.3) is 5.69 Å². The Balaban J connectivity index is 1.49. The number of carbonyl (C=O) groups is 1. The minimum Gasteiger partial charge on any atom is -0.449 e. The van der Waals surface area contributed by atoms with Crippen LogP contribution in [0.4, 0.5) is 0 Å². The van der Waals surface area contributed by atoms with Crippen molar-refractivity contribution in [2.45, 2.75) is 12.1 Å². The van der Waals surface area contributed by atoms with E-state index in [1.165, 1.54) is 17.3 Å². The van der Waals surface area contributed by atoms with Crippen molar-refractivity contribution < 1.29 is 9.53 Å². The Labute approximate surface area is 165 Å². The number of carbonyl (C=O) groups excluding carboxylic acids is 1. The topological polar surface area (TPSA) is 69.9 Å². The minimum atomic E-state index is -0.456. The minimum absolute atomic E-state index is 0.00874. The molecule has 1 heterocycles. The molecule has 0 aliphatic carbocycles. The van der Waals surface area contributed by atoms with Gasteiger partial charge < -0.3 is 4.74 Å². The van der Waals surface area contributed by atoms with Gasteiger partial charge in [0.1, 0.15) is 0 Å². The van der Waals surface area contributed by atoms with Gasteiger partial charge in [-0.25, -0.2) is 4.79 Å². The fraction of sp³-hybridized carbons (Fsp3) is 0.158. The number of nitrogens with zero attached hydrogens (tertiary/aromatic N) is 4. The smallest absolute Gasteiger partial charge is 0.339 e. The van der Waals surface area contributed by atoms with Crippen LogP contribution in [-0.2, 0) is 4.74 Å². The van der Waals surface area contributed by atoms with Gasteiger partial charge in [0.25, 0.3) is 0 Å². The number of rotatable bonds is 5. The molecule has 3 aromatic rings. The quantitative estimate of drug-likeness (QED) is 0.371. The van der Waals surface area contributed by atoms with Gasteiger partial charge in [-0.15, -0.1) is 5.10 Å². The number of aromatic nitrogens is 4. The Morgan fingerprint density at radius 3 is 2.81 bits per heavy atom. The fourth-order valence-electron chi connectivity index (χ4n) is 2.12. The van der Waals surface area contributed by atoms with Crippen LogP contribution in [0.2, 0.25) is 5.02 Å². The summed E-state index contributed by atoms with van der Waals surface area (Å²) in [5.41, 5.74) is 2.45. The van der Waals surface area contributed by atoms with Gasteiger partial charge in [0.15, 0.2) is 6.61 Å². The zero-order valence-corrected chi connectivity index (χ0v) is 16.0. The van der Waals surface area contributed by atoms with Crippen LogP contribution in [0.15, 0.2) is 53.7 Å². The van der Waals surface area contributed by atoms with Crippen LogP contribution >= 0.6 is 23.4 Å². The lowest BCUT2D eigenvalue weighted by Gasteiger charge is -2.03. The van der Waals surface area contributed by atoms with E-state index >= 15 is 0 Å². The highest BCUT2D eigenvalue weighted by atomic mass is 35.5. The molecule has 0 N–H and O–H groups in total. The summed E-state index contributed by atoms with van der Waals surface area (Å²) in [6, 6.07) is 14.5. The molecule has 3 rings (SSSR count). The van der Waals surface area contributed by atoms with Gasteiger partial charge in [0.2, 0.25) is 5.16 Å². The standard InChI is InChI=1S/C19H15ClN4O2S/c1-14-7-9-17(10-8-14)24-19(21-22-23-24)27-12-3-2-11-26-18(25)15-5-4-6-16(20)13-15/h4-10,13H,11-12H2,1H3. The van der Waals surface area contributed by atoms with E-state index in [1.807, 2.05) is 31.2 Å². The van der Waals surface area contributed by atoms with Crippen molar-refractivity contribution >= 4 is 29.3 Å². The highest BCUT2D eigenvalue weighted by molar-refractivity contribution is 7.99. The molecule has 0 spiro atoms. The lowest BCUT2D eigenvalue weighted by Crippen LogP contribution is -2.05. The van der Waals surface area contributed by atoms with E-state index in [0.717, 1.165) is 5.69 Å². The van der Waals surface area contributed by atoms with E-state index in [4.69, 9.17) is 16.3 Å². The second-order valence-electron chi connectivity index (χ2n) is 5.44. The number of thioether (sulfide) groups is 1. The molecular formula is C19H15ClN4O2S. The molecule has 8 heteroatoms. The third-order valence-corrected chi connectivity index (χ3v) is 4.49. The number of tetrazole rings is 1. The van der Waals surface area contributed by atoms with Crippen LogP contribution in [0.1, 0.15) is 15.9 Å². The molecule has 1 aromatic heterocycles. The van der Waals surface area contributed by atoms with Crippen molar-refractivity contribution in [1.82, 2.24) is 20.2 Å². The number of hydrogen-bond acceptors (Lipinski definition) is 6. The number of halogens is 1. The summed E-state index contributed by atoms with van der Waals surface area (Å²) in [4.78, 5) is 11.9. The molecule has 0 bridgehead atoms. The first-order valence-electron chi connectivity index (χ1n) is 8.00. The molecule has 0 fully saturated rings. The molecule has 0 saturated heterocycles. The maximum absolute atomic E-state index is 11.9. The van der Waals surface area contributed by atoms with Crippen molar-refractivity contribution in [3.05, 3.63) is 64.7 Å². The number of hydrogen-bond donors (Lipinski definition) is 0. The van der Waals surface area contributed by atoms with Gasteiger partial charge in [0.05, 0.1) is 17.0 Å². The fourth-order valence-corrected chi connectivity index (χ4v) is 2.97. The Bertz CT molecular complexity index is 993. The van der Waals surface area contributed by atoms with Crippen molar-refractivity contribution in [3.8, 4) is 17.5 Å². The van der Waals surface area contributed by atoms with Gasteiger partial charge in [0, 0.05) is 5.02 Å². The molecule has 6 nitrogen and oxygen atoms in total. The van der Waals surface area contributed by atoms with Crippen LogP contribution in [0.3, 0.4) is 0 Å². The summed E-state index contributed by atoms with van der Waals surface area (Å²) in [6.07, 6.45) is 0. The monoisotopic (exact) mass is 398 g/mol. The van der Waals surface area contributed by atoms with Crippen molar-refractivity contribution in [2.24, 2.45) is 0 Å². The number of esters is 1. The summed E-state index contributed by atoms with van der Waals surface area (Å²) in [5, 5.41) is 12.9. The molecule has 0 aliphatic rings. The predicted octanol–water partition coefficient (Wildman–Crippen LogP) is 3.58. The van der Waals surface area contributed by atoms with E-state index < -0.39 is 5.97 Å². The van der Waals surface area contributed by atoms with Crippen LogP contribution in [0, 0.1) is 18.8 Å². The van der Waals surface area contributed by atoms with Crippen molar-refractivity contribution in [3.63, 3.8) is 0 Å². The number of benzene rings is 2. The first-order chi connectivity index (χ1) is 13.1. The van der Waals surface area contributed by atoms with Gasteiger partial charge in [-0.1, -0.05) is 59.0 Å². The third kappa shape index (κ3) is 5.33. The highest BCUT2D eigenvalue weighted by Gasteiger charge is 2.08. The van der Waals surface area contributed by atoms with Gasteiger partial charge >= 0.3 is 5.97 Å². The second-order valence-corrected chi connectivity index (χ2v) is 6.82. The van der Waals surface area contributed by atoms with Crippen LogP contribution in [-0.4, -0.2) is 38.5 Å². The highest BCUT2D eigenvalue weighted by Crippen LogP contribution is 2.17. The lowest BCUT2D eigenvalue weighted by molar-refractivity contribution is 0.0556. The Morgan fingerprint density at radius 2 is 2.04 bits per heavy atom. The Kier molecular flexibility index (Phi) is 6.47. The second kappa shape index (κ2) is 9.21. The van der Waals surface area contributed by atoms with E-state index in [-0.39, 0.29) is 6.61 Å². The summed E-state index contributed by atoms with van der Waals surface area (Å²) in [6.45, 7) is 2.03. The number of ether oxygens (including phenoxy) is 1. The molecule has 0 amide bonds. The molecule has 0 unspecified atom stereocenters. The van der Waals surface area contributed by atoms with Crippen LogP contribution < -0.4 is 0 Å². The Morgan fingerprint density at radius 1 is 1.22 bits per heavy atom. The van der Waals surface area contributed by atoms with Gasteiger partial charge in [-0.3, -0.25) is 0 Å². The van der Waals surface area contributed by atoms with Gasteiger partial charge in [-0.05, 0) is 47.7 Å². The first kappa shape index (κ1) is 19.0. The zero-order valence-electron chi connectivity index (χ0n) is 14.4. The average Bonchev–Trinajstić information content (AvgIpc) is 3.13. The molecule has 136 valence electrons. The normalized spacial score (nSPS) is 10.1. The zero-order chi connectivity index (χ0) is 19.1.